The zero-order chi connectivity index (χ0) is 34.2. The number of likely N-dealkylation sites (tertiary alicyclic amines) is 1. The Morgan fingerprint density at radius 2 is 1.51 bits per heavy atom. The molecule has 4 aromatic rings. The van der Waals surface area contributed by atoms with E-state index in [0.717, 1.165) is 40.2 Å². The lowest BCUT2D eigenvalue weighted by atomic mass is 9.72. The van der Waals surface area contributed by atoms with Crippen LogP contribution in [0, 0.1) is 11.3 Å². The van der Waals surface area contributed by atoms with Gasteiger partial charge in [-0.1, -0.05) is 98.8 Å². The van der Waals surface area contributed by atoms with E-state index in [-0.39, 0.29) is 29.6 Å². The summed E-state index contributed by atoms with van der Waals surface area (Å²) in [5, 5.41) is 16.1. The second kappa shape index (κ2) is 13.2. The summed E-state index contributed by atoms with van der Waals surface area (Å²) in [5.74, 6) is 0.729. The topological polar surface area (TPSA) is 82.1 Å². The first-order valence-corrected chi connectivity index (χ1v) is 17.3. The highest BCUT2D eigenvalue weighted by molar-refractivity contribution is 6.02. The normalized spacial score (nSPS) is 19.4. The van der Waals surface area contributed by atoms with Gasteiger partial charge in [-0.15, -0.1) is 0 Å². The van der Waals surface area contributed by atoms with Crippen LogP contribution in [0.4, 0.5) is 11.4 Å². The fourth-order valence-electron chi connectivity index (χ4n) is 8.20. The number of rotatable bonds is 7. The second-order valence-corrected chi connectivity index (χ2v) is 14.4. The molecule has 7 heteroatoms. The molecule has 0 saturated carbocycles. The summed E-state index contributed by atoms with van der Waals surface area (Å²) in [6.45, 7) is 5.43. The predicted octanol–water partition coefficient (Wildman–Crippen LogP) is 7.49. The van der Waals surface area contributed by atoms with E-state index < -0.39 is 11.6 Å². The number of fused-ring (bicyclic) bond motifs is 1. The van der Waals surface area contributed by atoms with Crippen molar-refractivity contribution in [2.75, 3.05) is 37.0 Å². The van der Waals surface area contributed by atoms with Crippen LogP contribution < -0.4 is 15.0 Å². The first-order chi connectivity index (χ1) is 23.7. The number of carbonyl (C=O) groups excluding carboxylic acids is 2. The van der Waals surface area contributed by atoms with E-state index in [4.69, 9.17) is 4.74 Å². The Morgan fingerprint density at radius 3 is 2.16 bits per heavy atom. The lowest BCUT2D eigenvalue weighted by molar-refractivity contribution is -0.132. The summed E-state index contributed by atoms with van der Waals surface area (Å²) < 4.78 is 5.62. The van der Waals surface area contributed by atoms with Crippen molar-refractivity contribution in [3.8, 4) is 5.75 Å². The monoisotopic (exact) mass is 655 g/mol. The molecule has 0 spiro atoms. The molecule has 0 radical (unpaired) electrons. The molecular formula is C42H45N3O4. The number of piperidine rings is 1. The van der Waals surface area contributed by atoms with Crippen LogP contribution in [-0.4, -0.2) is 48.4 Å². The minimum Gasteiger partial charge on any atom is -0.497 e. The maximum absolute atomic E-state index is 14.4. The molecule has 0 aromatic heterocycles. The number of ether oxygens (including phenoxy) is 1. The van der Waals surface area contributed by atoms with Crippen LogP contribution in [0.2, 0.25) is 0 Å². The number of amides is 1. The number of methoxy groups -OCH3 is 1. The van der Waals surface area contributed by atoms with Crippen LogP contribution in [0.15, 0.2) is 120 Å². The maximum atomic E-state index is 14.4. The third kappa shape index (κ3) is 6.24. The Labute approximate surface area is 289 Å². The van der Waals surface area contributed by atoms with Crippen molar-refractivity contribution >= 4 is 23.1 Å². The lowest BCUT2D eigenvalue weighted by Gasteiger charge is -2.43. The molecule has 1 atom stereocenters. The highest BCUT2D eigenvalue weighted by Crippen LogP contribution is 2.49. The summed E-state index contributed by atoms with van der Waals surface area (Å²) in [4.78, 5) is 32.5. The maximum Gasteiger partial charge on any atom is 0.242 e. The van der Waals surface area contributed by atoms with Gasteiger partial charge in [0.05, 0.1) is 31.1 Å². The molecule has 3 aliphatic rings. The standard InChI is InChI=1S/C42H45N3O4/c1-41(2)26-35-39(37(46)27-41)40(29-13-12-18-33(25-29)49-3)45(36-20-11-10-19-34(36)43-35)28-38(47)44-23-21-32(22-24-44)42(48,30-14-6-4-7-15-30)31-16-8-5-9-17-31/h4-20,25,32,40,43,48H,21-24,26-28H2,1-3H3. The van der Waals surface area contributed by atoms with Crippen LogP contribution in [0.3, 0.4) is 0 Å². The van der Waals surface area contributed by atoms with Crippen molar-refractivity contribution in [1.82, 2.24) is 4.90 Å². The molecule has 4 aromatic carbocycles. The summed E-state index contributed by atoms with van der Waals surface area (Å²) in [7, 11) is 1.64. The molecule has 252 valence electrons. The Kier molecular flexibility index (Phi) is 8.80. The number of allylic oxidation sites excluding steroid dienone is 1. The van der Waals surface area contributed by atoms with Gasteiger partial charge in [0.15, 0.2) is 5.78 Å². The third-order valence-electron chi connectivity index (χ3n) is 10.6. The number of anilines is 2. The van der Waals surface area contributed by atoms with E-state index in [1.807, 2.05) is 114 Å². The highest BCUT2D eigenvalue weighted by Gasteiger charge is 2.44. The van der Waals surface area contributed by atoms with E-state index in [1.165, 1.54) is 0 Å². The number of carbonyl (C=O) groups is 2. The predicted molar refractivity (Wildman–Crippen MR) is 193 cm³/mol. The van der Waals surface area contributed by atoms with Crippen molar-refractivity contribution in [2.45, 2.75) is 51.2 Å². The average molecular weight is 656 g/mol. The van der Waals surface area contributed by atoms with Crippen molar-refractivity contribution in [1.29, 1.82) is 0 Å². The number of nitrogens with zero attached hydrogens (tertiary/aromatic N) is 2. The number of nitrogens with one attached hydrogen (secondary N) is 1. The molecule has 7 nitrogen and oxygen atoms in total. The number of para-hydroxylation sites is 2. The number of ketones is 1. The fourth-order valence-corrected chi connectivity index (χ4v) is 8.20. The Balaban J connectivity index is 1.21. The second-order valence-electron chi connectivity index (χ2n) is 14.4. The van der Waals surface area contributed by atoms with Gasteiger partial charge >= 0.3 is 0 Å². The summed E-state index contributed by atoms with van der Waals surface area (Å²) in [6.07, 6.45) is 2.48. The minimum atomic E-state index is -1.16. The van der Waals surface area contributed by atoms with E-state index >= 15 is 0 Å². The van der Waals surface area contributed by atoms with Gasteiger partial charge in [-0.3, -0.25) is 9.59 Å². The third-order valence-corrected chi connectivity index (χ3v) is 10.6. The van der Waals surface area contributed by atoms with Gasteiger partial charge < -0.3 is 25.0 Å². The minimum absolute atomic E-state index is 0.00301. The molecule has 2 N–H and O–H groups in total. The highest BCUT2D eigenvalue weighted by atomic mass is 16.5. The average Bonchev–Trinajstić information content (AvgIpc) is 3.26. The molecule has 2 aliphatic heterocycles. The number of hydrogen-bond donors (Lipinski definition) is 2. The van der Waals surface area contributed by atoms with Gasteiger partial charge in [0.2, 0.25) is 5.91 Å². The quantitative estimate of drug-likeness (QED) is 0.215. The lowest BCUT2D eigenvalue weighted by Crippen LogP contribution is -2.49. The van der Waals surface area contributed by atoms with Crippen LogP contribution in [0.1, 0.15) is 62.3 Å². The first kappa shape index (κ1) is 32.7. The zero-order valence-corrected chi connectivity index (χ0v) is 28.6. The van der Waals surface area contributed by atoms with Crippen LogP contribution in [-0.2, 0) is 15.2 Å². The van der Waals surface area contributed by atoms with Crippen molar-refractivity contribution < 1.29 is 19.4 Å². The molecule has 1 unspecified atom stereocenters. The molecule has 1 fully saturated rings. The molecule has 1 saturated heterocycles. The van der Waals surface area contributed by atoms with Gasteiger partial charge in [-0.2, -0.15) is 0 Å². The Hall–Kier alpha value is -4.88. The number of Topliss-reactive ketones (excluding diaryl/α,β-unsaturated/α-hetero) is 1. The number of aliphatic hydroxyl groups is 1. The Bertz CT molecular complexity index is 1820. The summed E-state index contributed by atoms with van der Waals surface area (Å²) >= 11 is 0. The molecular weight excluding hydrogens is 610 g/mol. The molecule has 2 heterocycles. The largest absolute Gasteiger partial charge is 0.497 e. The molecule has 1 aliphatic carbocycles. The van der Waals surface area contributed by atoms with Gasteiger partial charge in [0, 0.05) is 30.8 Å². The smallest absolute Gasteiger partial charge is 0.242 e. The van der Waals surface area contributed by atoms with Crippen LogP contribution in [0.5, 0.6) is 5.75 Å². The summed E-state index contributed by atoms with van der Waals surface area (Å²) in [6, 6.07) is 35.1. The van der Waals surface area contributed by atoms with E-state index in [2.05, 4.69) is 24.1 Å². The molecule has 49 heavy (non-hydrogen) atoms. The van der Waals surface area contributed by atoms with Gasteiger partial charge in [0.25, 0.3) is 0 Å². The van der Waals surface area contributed by atoms with E-state index in [0.29, 0.717) is 43.7 Å². The van der Waals surface area contributed by atoms with Crippen molar-refractivity contribution in [3.05, 3.63) is 137 Å². The van der Waals surface area contributed by atoms with Crippen LogP contribution >= 0.6 is 0 Å². The van der Waals surface area contributed by atoms with Crippen molar-refractivity contribution in [3.63, 3.8) is 0 Å². The Morgan fingerprint density at radius 1 is 0.878 bits per heavy atom. The van der Waals surface area contributed by atoms with Gasteiger partial charge in [-0.05, 0) is 71.6 Å². The van der Waals surface area contributed by atoms with Gasteiger partial charge in [-0.25, -0.2) is 0 Å². The molecule has 1 amide bonds. The number of hydrogen-bond acceptors (Lipinski definition) is 6. The van der Waals surface area contributed by atoms with Crippen LogP contribution in [0.25, 0.3) is 0 Å². The molecule has 0 bridgehead atoms. The fraction of sp³-hybridized carbons (Fsp3) is 0.333. The van der Waals surface area contributed by atoms with Crippen molar-refractivity contribution in [2.24, 2.45) is 11.3 Å². The van der Waals surface area contributed by atoms with E-state index in [1.54, 1.807) is 7.11 Å². The first-order valence-electron chi connectivity index (χ1n) is 17.3. The summed E-state index contributed by atoms with van der Waals surface area (Å²) in [5.41, 5.74) is 4.67. The van der Waals surface area contributed by atoms with Gasteiger partial charge in [0.1, 0.15) is 11.4 Å². The molecule has 7 rings (SSSR count). The zero-order valence-electron chi connectivity index (χ0n) is 28.6. The number of benzene rings is 4. The SMILES string of the molecule is COc1cccc(C2C3=C(CC(C)(C)CC3=O)Nc3ccccc3N2CC(=O)N2CCC(C(O)(c3ccccc3)c3ccccc3)CC2)c1. The van der Waals surface area contributed by atoms with E-state index in [9.17, 15) is 14.7 Å².